The Morgan fingerprint density at radius 2 is 1.19 bits per heavy atom. The molecule has 296 valence electrons. The lowest BCUT2D eigenvalue weighted by Gasteiger charge is -2.43. The number of rotatable bonds is 18. The number of fused-ring (bicyclic) bond motifs is 1. The monoisotopic (exact) mass is 742 g/mol. The fourth-order valence-corrected chi connectivity index (χ4v) is 6.07. The van der Waals surface area contributed by atoms with Crippen LogP contribution in [0.5, 0.6) is 0 Å². The van der Waals surface area contributed by atoms with Crippen molar-refractivity contribution in [3.05, 3.63) is 11.8 Å². The Hall–Kier alpha value is -3.72. The minimum Gasteiger partial charge on any atom is -0.462 e. The maximum Gasteiger partial charge on any atom is 0.348 e. The molecule has 52 heavy (non-hydrogen) atoms. The van der Waals surface area contributed by atoms with Crippen LogP contribution >= 0.6 is 0 Å². The van der Waals surface area contributed by atoms with E-state index in [-0.39, 0.29) is 42.6 Å². The van der Waals surface area contributed by atoms with Gasteiger partial charge in [0.25, 0.3) is 6.29 Å². The molecule has 1 saturated carbocycles. The second-order valence-electron chi connectivity index (χ2n) is 15.7. The summed E-state index contributed by atoms with van der Waals surface area (Å²) in [6.07, 6.45) is -5.34. The zero-order chi connectivity index (χ0) is 39.7. The molecule has 0 radical (unpaired) electrons. The number of hydrogen-bond donors (Lipinski definition) is 2. The maximum absolute atomic E-state index is 13.4. The molecule has 15 nitrogen and oxygen atoms in total. The van der Waals surface area contributed by atoms with Gasteiger partial charge in [0, 0.05) is 50.0 Å². The molecule has 1 aliphatic heterocycles. The number of esters is 6. The highest BCUT2D eigenvalue weighted by atomic mass is 16.7. The van der Waals surface area contributed by atoms with Crippen molar-refractivity contribution in [1.82, 2.24) is 0 Å². The van der Waals surface area contributed by atoms with Crippen molar-refractivity contribution in [2.45, 2.75) is 138 Å². The summed E-state index contributed by atoms with van der Waals surface area (Å²) in [6.45, 7) is 16.9. The molecule has 0 aromatic heterocycles. The molecule has 7 atom stereocenters. The molecular formula is C37H58O15. The topological polar surface area (TPSA) is 207 Å². The predicted molar refractivity (Wildman–Crippen MR) is 182 cm³/mol. The molecule has 1 heterocycles. The third-order valence-electron chi connectivity index (χ3n) is 8.57. The molecule has 0 amide bonds. The van der Waals surface area contributed by atoms with Crippen LogP contribution in [0, 0.1) is 35.5 Å². The van der Waals surface area contributed by atoms with Gasteiger partial charge in [-0.3, -0.25) is 19.2 Å². The van der Waals surface area contributed by atoms with Gasteiger partial charge in [-0.2, -0.15) is 0 Å². The van der Waals surface area contributed by atoms with Crippen LogP contribution in [0.1, 0.15) is 102 Å². The van der Waals surface area contributed by atoms with E-state index in [0.717, 1.165) is 13.2 Å². The molecule has 1 fully saturated rings. The van der Waals surface area contributed by atoms with E-state index in [4.69, 9.17) is 33.2 Å². The SMILES string of the molecule is CC(=O)O[C@@H]1OC=C(COC(=O)[C@@H](OC(=O)CC(C)C)C(C)C)[C@@]2(O)C[C@@H](OC(=O)CC(C)C)[C@](O)(COC(=O)[C@@H](OC(=O)CC(C)C)C(C)C)[C@@H]12. The molecule has 0 unspecified atom stereocenters. The van der Waals surface area contributed by atoms with Gasteiger partial charge in [-0.25, -0.2) is 9.59 Å². The van der Waals surface area contributed by atoms with Crippen molar-refractivity contribution in [1.29, 1.82) is 0 Å². The van der Waals surface area contributed by atoms with E-state index >= 15 is 0 Å². The van der Waals surface area contributed by atoms with Crippen LogP contribution in [-0.2, 0) is 61.9 Å². The lowest BCUT2D eigenvalue weighted by atomic mass is 9.77. The highest BCUT2D eigenvalue weighted by Gasteiger charge is 2.70. The molecule has 2 aliphatic rings. The van der Waals surface area contributed by atoms with Gasteiger partial charge >= 0.3 is 35.8 Å². The van der Waals surface area contributed by atoms with Crippen molar-refractivity contribution in [2.75, 3.05) is 13.2 Å². The summed E-state index contributed by atoms with van der Waals surface area (Å²) < 4.78 is 38.6. The summed E-state index contributed by atoms with van der Waals surface area (Å²) in [5.74, 6) is -7.62. The van der Waals surface area contributed by atoms with Crippen LogP contribution in [0.3, 0.4) is 0 Å². The van der Waals surface area contributed by atoms with Crippen molar-refractivity contribution in [2.24, 2.45) is 35.5 Å². The summed E-state index contributed by atoms with van der Waals surface area (Å²) in [5, 5.41) is 24.7. The number of carbonyl (C=O) groups is 6. The Morgan fingerprint density at radius 1 is 0.731 bits per heavy atom. The Morgan fingerprint density at radius 3 is 1.63 bits per heavy atom. The number of ether oxygens (including phenoxy) is 7. The largest absolute Gasteiger partial charge is 0.462 e. The van der Waals surface area contributed by atoms with Gasteiger partial charge in [-0.1, -0.05) is 69.2 Å². The first kappa shape index (κ1) is 44.4. The number of carbonyl (C=O) groups excluding carboxylic acids is 6. The quantitative estimate of drug-likeness (QED) is 0.152. The van der Waals surface area contributed by atoms with E-state index in [1.807, 2.05) is 27.7 Å². The van der Waals surface area contributed by atoms with Crippen LogP contribution in [0.25, 0.3) is 0 Å². The van der Waals surface area contributed by atoms with Gasteiger partial charge in [0.05, 0.1) is 6.26 Å². The molecule has 0 aromatic rings. The molecule has 15 heteroatoms. The molecule has 1 aliphatic carbocycles. The lowest BCUT2D eigenvalue weighted by Crippen LogP contribution is -2.60. The maximum atomic E-state index is 13.4. The molecule has 0 bridgehead atoms. The van der Waals surface area contributed by atoms with Gasteiger partial charge < -0.3 is 43.4 Å². The van der Waals surface area contributed by atoms with E-state index < -0.39 is 109 Å². The standard InChI is InChI=1S/C37H58O15/c1-19(2)12-27(39)50-26-15-36(44)25(16-46-33(42)30(22(7)8)51-28(40)13-20(3)4)17-47-35(49-24(11)38)32(36)37(26,45)18-48-34(43)31(23(9)10)52-29(41)14-21(5)6/h17,19-23,26,30-32,35,44-45H,12-16,18H2,1-11H3/t26-,30+,31+,32+,35+,36+,37-/m1/s1. The van der Waals surface area contributed by atoms with Gasteiger partial charge in [0.2, 0.25) is 12.2 Å². The molecule has 2 N–H and O–H groups in total. The minimum atomic E-state index is -2.46. The fraction of sp³-hybridized carbons (Fsp3) is 0.784. The lowest BCUT2D eigenvalue weighted by molar-refractivity contribution is -0.241. The second kappa shape index (κ2) is 18.9. The smallest absolute Gasteiger partial charge is 0.348 e. The third kappa shape index (κ3) is 11.9. The highest BCUT2D eigenvalue weighted by molar-refractivity contribution is 5.80. The van der Waals surface area contributed by atoms with E-state index in [0.29, 0.717) is 0 Å². The Bertz CT molecular complexity index is 1320. The van der Waals surface area contributed by atoms with Gasteiger partial charge in [-0.15, -0.1) is 0 Å². The van der Waals surface area contributed by atoms with E-state index in [9.17, 15) is 39.0 Å². The molecule has 2 rings (SSSR count). The van der Waals surface area contributed by atoms with E-state index in [1.54, 1.807) is 41.5 Å². The average molecular weight is 743 g/mol. The van der Waals surface area contributed by atoms with Gasteiger partial charge in [0.1, 0.15) is 36.4 Å². The van der Waals surface area contributed by atoms with Crippen LogP contribution in [0.2, 0.25) is 0 Å². The molecule has 0 aromatic carbocycles. The fourth-order valence-electron chi connectivity index (χ4n) is 6.07. The van der Waals surface area contributed by atoms with Crippen molar-refractivity contribution in [3.63, 3.8) is 0 Å². The zero-order valence-electron chi connectivity index (χ0n) is 32.3. The van der Waals surface area contributed by atoms with Crippen LogP contribution in [0.15, 0.2) is 11.8 Å². The summed E-state index contributed by atoms with van der Waals surface area (Å²) >= 11 is 0. The van der Waals surface area contributed by atoms with Crippen molar-refractivity contribution < 1.29 is 72.1 Å². The van der Waals surface area contributed by atoms with Crippen molar-refractivity contribution >= 4 is 35.8 Å². The summed E-state index contributed by atoms with van der Waals surface area (Å²) in [4.78, 5) is 76.6. The summed E-state index contributed by atoms with van der Waals surface area (Å²) in [6, 6.07) is 0. The Balaban J connectivity index is 2.50. The third-order valence-corrected chi connectivity index (χ3v) is 8.57. The Kier molecular flexibility index (Phi) is 16.1. The number of aliphatic hydroxyl groups is 2. The summed E-state index contributed by atoms with van der Waals surface area (Å²) in [7, 11) is 0. The first-order valence-corrected chi connectivity index (χ1v) is 17.9. The van der Waals surface area contributed by atoms with E-state index in [1.165, 1.54) is 0 Å². The van der Waals surface area contributed by atoms with Gasteiger partial charge in [0.15, 0.2) is 0 Å². The second-order valence-corrected chi connectivity index (χ2v) is 15.7. The van der Waals surface area contributed by atoms with E-state index in [2.05, 4.69) is 0 Å². The van der Waals surface area contributed by atoms with Crippen LogP contribution < -0.4 is 0 Å². The van der Waals surface area contributed by atoms with Gasteiger partial charge in [-0.05, 0) is 17.8 Å². The minimum absolute atomic E-state index is 0.0173. The summed E-state index contributed by atoms with van der Waals surface area (Å²) in [5.41, 5.74) is -4.80. The number of hydrogen-bond acceptors (Lipinski definition) is 15. The molecule has 0 spiro atoms. The highest BCUT2D eigenvalue weighted by Crippen LogP contribution is 2.53. The average Bonchev–Trinajstić information content (AvgIpc) is 3.21. The van der Waals surface area contributed by atoms with Crippen LogP contribution in [0.4, 0.5) is 0 Å². The van der Waals surface area contributed by atoms with Crippen LogP contribution in [-0.4, -0.2) is 95.0 Å². The molecular weight excluding hydrogens is 684 g/mol. The first-order chi connectivity index (χ1) is 24.0. The normalized spacial score (nSPS) is 25.2. The first-order valence-electron chi connectivity index (χ1n) is 17.9. The predicted octanol–water partition coefficient (Wildman–Crippen LogP) is 3.54. The Labute approximate surface area is 306 Å². The van der Waals surface area contributed by atoms with Crippen molar-refractivity contribution in [3.8, 4) is 0 Å². The molecule has 0 saturated heterocycles. The zero-order valence-corrected chi connectivity index (χ0v) is 32.3.